The van der Waals surface area contributed by atoms with Gasteiger partial charge in [0.1, 0.15) is 4.88 Å². The maximum absolute atomic E-state index is 11.8. The second kappa shape index (κ2) is 4.88. The van der Waals surface area contributed by atoms with Crippen LogP contribution in [0.25, 0.3) is 0 Å². The van der Waals surface area contributed by atoms with E-state index in [1.54, 1.807) is 6.92 Å². The van der Waals surface area contributed by atoms with Gasteiger partial charge in [-0.1, -0.05) is 4.49 Å². The van der Waals surface area contributed by atoms with Crippen molar-refractivity contribution in [2.75, 3.05) is 5.32 Å². The number of aromatic nitrogens is 2. The number of carbonyl (C=O) groups excluding carboxylic acids is 1. The molecule has 0 saturated carbocycles. The van der Waals surface area contributed by atoms with Crippen molar-refractivity contribution in [1.82, 2.24) is 9.59 Å². The first-order valence-corrected chi connectivity index (χ1v) is 5.70. The van der Waals surface area contributed by atoms with E-state index >= 15 is 0 Å². The zero-order valence-corrected chi connectivity index (χ0v) is 10.1. The molecule has 0 bridgehead atoms. The van der Waals surface area contributed by atoms with E-state index < -0.39 is 4.92 Å². The van der Waals surface area contributed by atoms with Gasteiger partial charge in [0.05, 0.1) is 10.6 Å². The van der Waals surface area contributed by atoms with Crippen molar-refractivity contribution in [3.63, 3.8) is 0 Å². The Bertz CT molecular complexity index is 593. The van der Waals surface area contributed by atoms with Crippen LogP contribution in [0.1, 0.15) is 15.4 Å². The van der Waals surface area contributed by atoms with Crippen LogP contribution in [-0.4, -0.2) is 20.4 Å². The van der Waals surface area contributed by atoms with Crippen LogP contribution in [0.4, 0.5) is 11.4 Å². The van der Waals surface area contributed by atoms with Gasteiger partial charge >= 0.3 is 0 Å². The van der Waals surface area contributed by atoms with Crippen molar-refractivity contribution in [1.29, 1.82) is 0 Å². The summed E-state index contributed by atoms with van der Waals surface area (Å²) >= 11 is 1.00. The van der Waals surface area contributed by atoms with Crippen LogP contribution in [-0.2, 0) is 0 Å². The average Bonchev–Trinajstić information content (AvgIpc) is 2.76. The Labute approximate surface area is 106 Å². The molecule has 0 saturated heterocycles. The zero-order chi connectivity index (χ0) is 13.1. The number of hydrogen-bond donors (Lipinski definition) is 1. The molecule has 2 aromatic rings. The van der Waals surface area contributed by atoms with E-state index in [0.29, 0.717) is 16.3 Å². The molecule has 0 spiro atoms. The molecule has 1 N–H and O–H groups in total. The summed E-state index contributed by atoms with van der Waals surface area (Å²) in [7, 11) is 0. The molecule has 1 heterocycles. The quantitative estimate of drug-likeness (QED) is 0.675. The Hall–Kier alpha value is -2.35. The molecule has 92 valence electrons. The summed E-state index contributed by atoms with van der Waals surface area (Å²) in [5.74, 6) is -0.323. The third-order valence-corrected chi connectivity index (χ3v) is 3.02. The molecular weight excluding hydrogens is 256 g/mol. The number of aryl methyl sites for hydroxylation is 1. The van der Waals surface area contributed by atoms with Gasteiger partial charge in [0.25, 0.3) is 11.6 Å². The molecule has 8 heteroatoms. The SMILES string of the molecule is Cc1nnsc1C(=O)Nc1ccc([N+](=O)[O-])cc1. The fourth-order valence-electron chi connectivity index (χ4n) is 1.29. The lowest BCUT2D eigenvalue weighted by Crippen LogP contribution is -2.11. The highest BCUT2D eigenvalue weighted by atomic mass is 32.1. The maximum Gasteiger partial charge on any atom is 0.269 e. The van der Waals surface area contributed by atoms with Crippen LogP contribution >= 0.6 is 11.5 Å². The van der Waals surface area contributed by atoms with Crippen LogP contribution in [0.2, 0.25) is 0 Å². The highest BCUT2D eigenvalue weighted by molar-refractivity contribution is 7.08. The van der Waals surface area contributed by atoms with Gasteiger partial charge in [-0.05, 0) is 30.6 Å². The topological polar surface area (TPSA) is 98.0 Å². The molecule has 18 heavy (non-hydrogen) atoms. The standard InChI is InChI=1S/C10H8N4O3S/c1-6-9(18-13-12-6)10(15)11-7-2-4-8(5-3-7)14(16)17/h2-5H,1H3,(H,11,15). The van der Waals surface area contributed by atoms with Gasteiger partial charge in [-0.25, -0.2) is 0 Å². The molecule has 1 aromatic heterocycles. The number of nitro benzene ring substituents is 1. The molecule has 0 atom stereocenters. The van der Waals surface area contributed by atoms with Gasteiger partial charge < -0.3 is 5.32 Å². The molecule has 2 rings (SSSR count). The third kappa shape index (κ3) is 2.48. The van der Waals surface area contributed by atoms with E-state index in [2.05, 4.69) is 14.9 Å². The second-order valence-electron chi connectivity index (χ2n) is 3.45. The molecular formula is C10H8N4O3S. The molecule has 0 aliphatic heterocycles. The molecule has 0 unspecified atom stereocenters. The smallest absolute Gasteiger partial charge is 0.269 e. The fourth-order valence-corrected chi connectivity index (χ4v) is 1.85. The van der Waals surface area contributed by atoms with Crippen LogP contribution in [0.5, 0.6) is 0 Å². The summed E-state index contributed by atoms with van der Waals surface area (Å²) in [5.41, 5.74) is 1.02. The van der Waals surface area contributed by atoms with Gasteiger partial charge in [-0.3, -0.25) is 14.9 Å². The lowest BCUT2D eigenvalue weighted by Gasteiger charge is -2.02. The summed E-state index contributed by atoms with van der Waals surface area (Å²) in [4.78, 5) is 22.2. The predicted octanol–water partition coefficient (Wildman–Crippen LogP) is 2.01. The zero-order valence-electron chi connectivity index (χ0n) is 9.28. The number of hydrogen-bond acceptors (Lipinski definition) is 6. The molecule has 0 aliphatic rings. The minimum absolute atomic E-state index is 0.0244. The maximum atomic E-state index is 11.8. The Kier molecular flexibility index (Phi) is 3.28. The molecule has 0 aliphatic carbocycles. The average molecular weight is 264 g/mol. The number of nitrogens with zero attached hydrogens (tertiary/aromatic N) is 3. The normalized spacial score (nSPS) is 10.1. The molecule has 1 amide bonds. The summed E-state index contributed by atoms with van der Waals surface area (Å²) in [6, 6.07) is 5.60. The monoisotopic (exact) mass is 264 g/mol. The van der Waals surface area contributed by atoms with Crippen molar-refractivity contribution in [2.24, 2.45) is 0 Å². The Morgan fingerprint density at radius 2 is 2.06 bits per heavy atom. The number of nitro groups is 1. The summed E-state index contributed by atoms with van der Waals surface area (Å²) in [5, 5.41) is 16.8. The van der Waals surface area contributed by atoms with Crippen LogP contribution in [0, 0.1) is 17.0 Å². The van der Waals surface area contributed by atoms with E-state index in [1.165, 1.54) is 24.3 Å². The van der Waals surface area contributed by atoms with Gasteiger partial charge in [0, 0.05) is 17.8 Å². The summed E-state index contributed by atoms with van der Waals surface area (Å²) in [6.07, 6.45) is 0. The summed E-state index contributed by atoms with van der Waals surface area (Å²) in [6.45, 7) is 1.69. The Morgan fingerprint density at radius 3 is 2.56 bits per heavy atom. The largest absolute Gasteiger partial charge is 0.321 e. The fraction of sp³-hybridized carbons (Fsp3) is 0.100. The second-order valence-corrected chi connectivity index (χ2v) is 4.20. The number of carbonyl (C=O) groups is 1. The van der Waals surface area contributed by atoms with E-state index in [9.17, 15) is 14.9 Å². The van der Waals surface area contributed by atoms with Crippen molar-refractivity contribution in [3.05, 3.63) is 45.0 Å². The predicted molar refractivity (Wildman–Crippen MR) is 65.7 cm³/mol. The number of nitrogens with one attached hydrogen (secondary N) is 1. The highest BCUT2D eigenvalue weighted by Crippen LogP contribution is 2.17. The lowest BCUT2D eigenvalue weighted by molar-refractivity contribution is -0.384. The number of anilines is 1. The van der Waals surface area contributed by atoms with Crippen molar-refractivity contribution < 1.29 is 9.72 Å². The first-order valence-electron chi connectivity index (χ1n) is 4.92. The van der Waals surface area contributed by atoms with E-state index in [4.69, 9.17) is 0 Å². The number of rotatable bonds is 3. The van der Waals surface area contributed by atoms with Gasteiger partial charge in [0.15, 0.2) is 0 Å². The van der Waals surface area contributed by atoms with Crippen LogP contribution < -0.4 is 5.32 Å². The Morgan fingerprint density at radius 1 is 1.39 bits per heavy atom. The molecule has 7 nitrogen and oxygen atoms in total. The van der Waals surface area contributed by atoms with Crippen molar-refractivity contribution >= 4 is 28.8 Å². The van der Waals surface area contributed by atoms with E-state index in [1.807, 2.05) is 0 Å². The highest BCUT2D eigenvalue weighted by Gasteiger charge is 2.13. The third-order valence-electron chi connectivity index (χ3n) is 2.19. The lowest BCUT2D eigenvalue weighted by atomic mass is 10.2. The van der Waals surface area contributed by atoms with E-state index in [-0.39, 0.29) is 11.6 Å². The van der Waals surface area contributed by atoms with Crippen molar-refractivity contribution in [3.8, 4) is 0 Å². The summed E-state index contributed by atoms with van der Waals surface area (Å²) < 4.78 is 3.66. The van der Waals surface area contributed by atoms with Gasteiger partial charge in [-0.15, -0.1) is 5.10 Å². The first kappa shape index (κ1) is 12.1. The number of amides is 1. The molecule has 0 fully saturated rings. The van der Waals surface area contributed by atoms with Crippen molar-refractivity contribution in [2.45, 2.75) is 6.92 Å². The van der Waals surface area contributed by atoms with Gasteiger partial charge in [-0.2, -0.15) is 0 Å². The van der Waals surface area contributed by atoms with Crippen LogP contribution in [0.3, 0.4) is 0 Å². The minimum atomic E-state index is -0.497. The number of benzene rings is 1. The molecule has 1 aromatic carbocycles. The number of non-ortho nitro benzene ring substituents is 1. The molecule has 0 radical (unpaired) electrons. The van der Waals surface area contributed by atoms with E-state index in [0.717, 1.165) is 11.5 Å². The van der Waals surface area contributed by atoms with Gasteiger partial charge in [0.2, 0.25) is 0 Å². The Balaban J connectivity index is 2.13. The minimum Gasteiger partial charge on any atom is -0.321 e. The van der Waals surface area contributed by atoms with Crippen LogP contribution in [0.15, 0.2) is 24.3 Å². The first-order chi connectivity index (χ1) is 8.58.